The largest absolute Gasteiger partial charge is 0.444 e. The van der Waals surface area contributed by atoms with Crippen LogP contribution in [0.3, 0.4) is 0 Å². The summed E-state index contributed by atoms with van der Waals surface area (Å²) in [5.41, 5.74) is 1.43. The van der Waals surface area contributed by atoms with Crippen LogP contribution in [-0.2, 0) is 4.79 Å². The summed E-state index contributed by atoms with van der Waals surface area (Å²) in [6.07, 6.45) is 3.55. The fourth-order valence-electron chi connectivity index (χ4n) is 1.67. The van der Waals surface area contributed by atoms with E-state index < -0.39 is 0 Å². The van der Waals surface area contributed by atoms with Crippen molar-refractivity contribution in [2.75, 3.05) is 0 Å². The van der Waals surface area contributed by atoms with Crippen LogP contribution in [0.4, 0.5) is 0 Å². The van der Waals surface area contributed by atoms with Crippen molar-refractivity contribution in [3.63, 3.8) is 0 Å². The van der Waals surface area contributed by atoms with Gasteiger partial charge in [0, 0.05) is 6.42 Å². The maximum absolute atomic E-state index is 11.0. The van der Waals surface area contributed by atoms with E-state index in [1.54, 1.807) is 6.08 Å². The second kappa shape index (κ2) is 4.74. The Balaban J connectivity index is 0.000000424. The molecule has 1 aliphatic rings. The molecule has 1 rings (SSSR count). The van der Waals surface area contributed by atoms with Crippen molar-refractivity contribution < 1.29 is 4.79 Å². The smallest absolute Gasteiger partial charge is 0.156 e. The lowest BCUT2D eigenvalue weighted by molar-refractivity contribution is -0.117. The fourth-order valence-corrected chi connectivity index (χ4v) is 1.67. The molecule has 0 aromatic heterocycles. The van der Waals surface area contributed by atoms with Crippen molar-refractivity contribution in [2.24, 2.45) is 10.8 Å². The molecule has 1 aliphatic carbocycles. The standard InChI is InChI=1S/C9H14O.HNO2/c1-7-4-8(10)6-9(2,3)5-7;2-1-3/h4H,5-6H2,1-3H3;(H,2,3)/p-1. The lowest BCUT2D eigenvalue weighted by atomic mass is 9.77. The first-order chi connectivity index (χ1) is 5.91. The molecule has 0 heterocycles. The Hall–Kier alpha value is -1.19. The maximum atomic E-state index is 11.0. The van der Waals surface area contributed by atoms with Gasteiger partial charge in [-0.25, -0.2) is 0 Å². The van der Waals surface area contributed by atoms with Crippen LogP contribution in [0.25, 0.3) is 0 Å². The number of nitrogens with zero attached hydrogens (tertiary/aromatic N) is 1. The second-order valence-corrected chi connectivity index (χ2v) is 4.05. The Morgan fingerprint density at radius 1 is 1.46 bits per heavy atom. The SMILES string of the molecule is CC1=CC(=O)CC(C)(C)C1.O=N[O-]. The molecule has 4 nitrogen and oxygen atoms in total. The van der Waals surface area contributed by atoms with Gasteiger partial charge in [0.05, 0.1) is 0 Å². The zero-order valence-electron chi connectivity index (χ0n) is 8.16. The molecule has 0 unspecified atom stereocenters. The minimum atomic E-state index is 0.204. The van der Waals surface area contributed by atoms with Gasteiger partial charge in [0.25, 0.3) is 0 Å². The third kappa shape index (κ3) is 5.11. The van der Waals surface area contributed by atoms with Crippen LogP contribution in [0, 0.1) is 15.5 Å². The number of allylic oxidation sites excluding steroid dienone is 2. The van der Waals surface area contributed by atoms with Crippen LogP contribution in [0.5, 0.6) is 0 Å². The maximum Gasteiger partial charge on any atom is 0.156 e. The predicted molar refractivity (Wildman–Crippen MR) is 50.9 cm³/mol. The molecule has 0 radical (unpaired) electrons. The summed E-state index contributed by atoms with van der Waals surface area (Å²) >= 11 is 0. The summed E-state index contributed by atoms with van der Waals surface area (Å²) in [5.74, 6) is 0.286. The quantitative estimate of drug-likeness (QED) is 0.429. The molecule has 0 bridgehead atoms. The van der Waals surface area contributed by atoms with Gasteiger partial charge < -0.3 is 10.1 Å². The van der Waals surface area contributed by atoms with Crippen molar-refractivity contribution in [2.45, 2.75) is 33.6 Å². The molecule has 0 amide bonds. The van der Waals surface area contributed by atoms with Gasteiger partial charge in [-0.3, -0.25) is 4.79 Å². The van der Waals surface area contributed by atoms with Crippen LogP contribution in [0.15, 0.2) is 17.0 Å². The lowest BCUT2D eigenvalue weighted by Gasteiger charge is -2.27. The first-order valence-electron chi connectivity index (χ1n) is 4.06. The monoisotopic (exact) mass is 184 g/mol. The molecular formula is C9H14NO3-. The van der Waals surface area contributed by atoms with E-state index in [4.69, 9.17) is 10.1 Å². The van der Waals surface area contributed by atoms with Crippen LogP contribution < -0.4 is 0 Å². The average molecular weight is 184 g/mol. The Bertz CT molecular complexity index is 231. The first-order valence-corrected chi connectivity index (χ1v) is 4.06. The van der Waals surface area contributed by atoms with E-state index in [0.29, 0.717) is 6.42 Å². The zero-order valence-corrected chi connectivity index (χ0v) is 8.16. The van der Waals surface area contributed by atoms with E-state index in [1.807, 2.05) is 6.92 Å². The first kappa shape index (κ1) is 11.8. The number of rotatable bonds is 0. The second-order valence-electron chi connectivity index (χ2n) is 4.05. The number of carbonyl (C=O) groups is 1. The third-order valence-corrected chi connectivity index (χ3v) is 1.82. The molecule has 0 aromatic carbocycles. The van der Waals surface area contributed by atoms with Crippen LogP contribution in [0.1, 0.15) is 33.6 Å². The summed E-state index contributed by atoms with van der Waals surface area (Å²) in [6.45, 7) is 6.31. The predicted octanol–water partition coefficient (Wildman–Crippen LogP) is 2.57. The Kier molecular flexibility index (Phi) is 4.31. The van der Waals surface area contributed by atoms with Crippen LogP contribution in [-0.4, -0.2) is 5.78 Å². The minimum absolute atomic E-state index is 0.204. The molecule has 13 heavy (non-hydrogen) atoms. The molecular weight excluding hydrogens is 170 g/mol. The Morgan fingerprint density at radius 2 is 1.92 bits per heavy atom. The van der Waals surface area contributed by atoms with Gasteiger partial charge in [0.15, 0.2) is 5.78 Å². The summed E-state index contributed by atoms with van der Waals surface area (Å²) in [7, 11) is 0. The highest BCUT2D eigenvalue weighted by Gasteiger charge is 2.25. The van der Waals surface area contributed by atoms with Gasteiger partial charge in [0.1, 0.15) is 0 Å². The van der Waals surface area contributed by atoms with E-state index in [9.17, 15) is 4.79 Å². The Labute approximate surface area is 77.6 Å². The molecule has 0 aliphatic heterocycles. The normalized spacial score (nSPS) is 19.6. The van der Waals surface area contributed by atoms with Crippen LogP contribution in [0.2, 0.25) is 0 Å². The number of hydrogen-bond acceptors (Lipinski definition) is 4. The molecule has 4 heteroatoms. The number of ketones is 1. The van der Waals surface area contributed by atoms with Gasteiger partial charge >= 0.3 is 0 Å². The van der Waals surface area contributed by atoms with E-state index in [0.717, 1.165) is 11.8 Å². The molecule has 0 atom stereocenters. The van der Waals surface area contributed by atoms with Crippen molar-refractivity contribution in [1.82, 2.24) is 0 Å². The highest BCUT2D eigenvalue weighted by atomic mass is 16.6. The summed E-state index contributed by atoms with van der Waals surface area (Å²) < 4.78 is 0. The van der Waals surface area contributed by atoms with E-state index in [1.165, 1.54) is 5.57 Å². The van der Waals surface area contributed by atoms with Gasteiger partial charge in [0.2, 0.25) is 0 Å². The zero-order chi connectivity index (χ0) is 10.5. The van der Waals surface area contributed by atoms with Crippen molar-refractivity contribution in [3.8, 4) is 0 Å². The van der Waals surface area contributed by atoms with E-state index in [2.05, 4.69) is 13.8 Å². The van der Waals surface area contributed by atoms with E-state index >= 15 is 0 Å². The average Bonchev–Trinajstić information content (AvgIpc) is 1.81. The molecule has 0 spiro atoms. The van der Waals surface area contributed by atoms with Gasteiger partial charge in [-0.2, -0.15) is 0 Å². The molecule has 0 aromatic rings. The van der Waals surface area contributed by atoms with Crippen molar-refractivity contribution >= 4 is 5.78 Å². The molecule has 0 saturated heterocycles. The highest BCUT2D eigenvalue weighted by molar-refractivity contribution is 5.91. The molecule has 0 fully saturated rings. The van der Waals surface area contributed by atoms with Gasteiger partial charge in [-0.05, 0) is 24.8 Å². The summed E-state index contributed by atoms with van der Waals surface area (Å²) in [4.78, 5) is 19.0. The Morgan fingerprint density at radius 3 is 2.23 bits per heavy atom. The number of carbonyl (C=O) groups excluding carboxylic acids is 1. The van der Waals surface area contributed by atoms with Gasteiger partial charge in [-0.15, -0.1) is 5.34 Å². The summed E-state index contributed by atoms with van der Waals surface area (Å²) in [5, 5.41) is 9.00. The minimum Gasteiger partial charge on any atom is -0.444 e. The van der Waals surface area contributed by atoms with Crippen LogP contribution >= 0.6 is 0 Å². The van der Waals surface area contributed by atoms with Crippen molar-refractivity contribution in [3.05, 3.63) is 21.8 Å². The molecule has 0 saturated carbocycles. The molecule has 0 N–H and O–H groups in total. The topological polar surface area (TPSA) is 69.6 Å². The number of hydrogen-bond donors (Lipinski definition) is 0. The lowest BCUT2D eigenvalue weighted by Crippen LogP contribution is -2.20. The highest BCUT2D eigenvalue weighted by Crippen LogP contribution is 2.32. The van der Waals surface area contributed by atoms with E-state index in [-0.39, 0.29) is 11.2 Å². The van der Waals surface area contributed by atoms with Crippen molar-refractivity contribution in [1.29, 1.82) is 0 Å². The third-order valence-electron chi connectivity index (χ3n) is 1.82. The summed E-state index contributed by atoms with van der Waals surface area (Å²) in [6, 6.07) is 0. The van der Waals surface area contributed by atoms with Gasteiger partial charge in [-0.1, -0.05) is 19.4 Å². The molecule has 74 valence electrons. The fraction of sp³-hybridized carbons (Fsp3) is 0.667.